The predicted octanol–water partition coefficient (Wildman–Crippen LogP) is 4.89. The summed E-state index contributed by atoms with van der Waals surface area (Å²) < 4.78 is 11.2. The van der Waals surface area contributed by atoms with Gasteiger partial charge in [-0.2, -0.15) is 5.10 Å². The third-order valence-corrected chi connectivity index (χ3v) is 5.08. The van der Waals surface area contributed by atoms with Gasteiger partial charge in [-0.25, -0.2) is 5.01 Å². The van der Waals surface area contributed by atoms with Gasteiger partial charge >= 0.3 is 0 Å². The minimum absolute atomic E-state index is 0.129. The highest BCUT2D eigenvalue weighted by Crippen LogP contribution is 2.33. The van der Waals surface area contributed by atoms with Crippen LogP contribution in [-0.4, -0.2) is 29.0 Å². The lowest BCUT2D eigenvalue weighted by atomic mass is 10.0. The zero-order valence-electron chi connectivity index (χ0n) is 16.2. The molecule has 0 aliphatic carbocycles. The molecule has 2 aromatic carbocycles. The van der Waals surface area contributed by atoms with Gasteiger partial charge in [0.15, 0.2) is 12.4 Å². The molecule has 0 saturated heterocycles. The Kier molecular flexibility index (Phi) is 5.68. The second-order valence-corrected chi connectivity index (χ2v) is 7.30. The van der Waals surface area contributed by atoms with Crippen LogP contribution in [0.2, 0.25) is 5.02 Å². The molecular formula is C23H19ClN2O4. The number of ether oxygens (including phenoxy) is 1. The van der Waals surface area contributed by atoms with Crippen LogP contribution in [0, 0.1) is 0 Å². The van der Waals surface area contributed by atoms with E-state index in [4.69, 9.17) is 20.8 Å². The highest BCUT2D eigenvalue weighted by molar-refractivity contribution is 6.30. The summed E-state index contributed by atoms with van der Waals surface area (Å²) in [5, 5.41) is 6.56. The predicted molar refractivity (Wildman–Crippen MR) is 113 cm³/mol. The molecule has 152 valence electrons. The lowest BCUT2D eigenvalue weighted by Gasteiger charge is -2.20. The number of carbonyl (C=O) groups is 2. The van der Waals surface area contributed by atoms with Crippen LogP contribution < -0.4 is 4.74 Å². The standard InChI is InChI=1S/C23H19ClN2O4/c1-15(27)18-5-2-3-6-21(18)30-14-23(28)26-20(22-7-4-12-29-22)13-19(25-26)16-8-10-17(24)11-9-16/h2-12,20H,13-14H2,1H3. The number of carbonyl (C=O) groups excluding carboxylic acids is 2. The van der Waals surface area contributed by atoms with E-state index in [2.05, 4.69) is 5.10 Å². The summed E-state index contributed by atoms with van der Waals surface area (Å²) in [4.78, 5) is 24.8. The molecule has 1 atom stereocenters. The first-order chi connectivity index (χ1) is 14.5. The molecule has 7 heteroatoms. The number of benzene rings is 2. The van der Waals surface area contributed by atoms with Crippen molar-refractivity contribution in [3.63, 3.8) is 0 Å². The maximum absolute atomic E-state index is 13.0. The van der Waals surface area contributed by atoms with Crippen molar-refractivity contribution in [3.05, 3.63) is 88.8 Å². The maximum atomic E-state index is 13.0. The summed E-state index contributed by atoms with van der Waals surface area (Å²) in [6.45, 7) is 1.21. The van der Waals surface area contributed by atoms with Crippen molar-refractivity contribution in [2.75, 3.05) is 6.61 Å². The number of Topliss-reactive ketones (excluding diaryl/α,β-unsaturated/α-hetero) is 1. The average Bonchev–Trinajstić information content (AvgIpc) is 3.42. The van der Waals surface area contributed by atoms with Crippen LogP contribution in [0.15, 0.2) is 76.4 Å². The van der Waals surface area contributed by atoms with Gasteiger partial charge in [-0.05, 0) is 48.9 Å². The van der Waals surface area contributed by atoms with Gasteiger partial charge in [-0.1, -0.05) is 35.9 Å². The Balaban J connectivity index is 1.56. The minimum atomic E-state index is -0.371. The molecule has 6 nitrogen and oxygen atoms in total. The van der Waals surface area contributed by atoms with E-state index in [1.54, 1.807) is 48.7 Å². The van der Waals surface area contributed by atoms with Gasteiger partial charge < -0.3 is 9.15 Å². The third-order valence-electron chi connectivity index (χ3n) is 4.83. The molecule has 3 aromatic rings. The van der Waals surface area contributed by atoms with Gasteiger partial charge in [0, 0.05) is 11.4 Å². The van der Waals surface area contributed by atoms with Gasteiger partial charge in [-0.15, -0.1) is 0 Å². The lowest BCUT2D eigenvalue weighted by molar-refractivity contribution is -0.135. The molecule has 1 aromatic heterocycles. The zero-order valence-corrected chi connectivity index (χ0v) is 17.0. The zero-order chi connectivity index (χ0) is 21.1. The Hall–Kier alpha value is -3.38. The fourth-order valence-electron chi connectivity index (χ4n) is 3.35. The van der Waals surface area contributed by atoms with Crippen LogP contribution in [0.4, 0.5) is 0 Å². The van der Waals surface area contributed by atoms with Crippen LogP contribution in [0.25, 0.3) is 0 Å². The topological polar surface area (TPSA) is 72.1 Å². The first-order valence-electron chi connectivity index (χ1n) is 9.44. The molecule has 2 heterocycles. The Labute approximate surface area is 178 Å². The Morgan fingerprint density at radius 1 is 1.13 bits per heavy atom. The van der Waals surface area contributed by atoms with Crippen molar-refractivity contribution >= 4 is 29.0 Å². The Morgan fingerprint density at radius 2 is 1.90 bits per heavy atom. The number of hydrogen-bond donors (Lipinski definition) is 0. The molecule has 0 saturated carbocycles. The first kappa shape index (κ1) is 19.9. The van der Waals surface area contributed by atoms with E-state index in [1.165, 1.54) is 11.9 Å². The number of amides is 1. The summed E-state index contributed by atoms with van der Waals surface area (Å²) in [6, 6.07) is 17.4. The number of halogens is 1. The molecule has 0 radical (unpaired) electrons. The number of nitrogens with zero attached hydrogens (tertiary/aromatic N) is 2. The molecule has 0 N–H and O–H groups in total. The first-order valence-corrected chi connectivity index (χ1v) is 9.82. The van der Waals surface area contributed by atoms with Crippen molar-refractivity contribution in [1.29, 1.82) is 0 Å². The summed E-state index contributed by atoms with van der Waals surface area (Å²) >= 11 is 5.98. The number of ketones is 1. The monoisotopic (exact) mass is 422 g/mol. The molecule has 0 fully saturated rings. The summed E-state index contributed by atoms with van der Waals surface area (Å²) in [5.74, 6) is 0.545. The summed E-state index contributed by atoms with van der Waals surface area (Å²) in [6.07, 6.45) is 2.07. The smallest absolute Gasteiger partial charge is 0.281 e. The van der Waals surface area contributed by atoms with Crippen LogP contribution in [0.5, 0.6) is 5.75 Å². The quantitative estimate of drug-likeness (QED) is 0.530. The van der Waals surface area contributed by atoms with E-state index >= 15 is 0 Å². The molecular weight excluding hydrogens is 404 g/mol. The number of rotatable bonds is 6. The van der Waals surface area contributed by atoms with E-state index in [9.17, 15) is 9.59 Å². The molecule has 0 bridgehead atoms. The Morgan fingerprint density at radius 3 is 2.60 bits per heavy atom. The second kappa shape index (κ2) is 8.55. The molecule has 1 aliphatic heterocycles. The second-order valence-electron chi connectivity index (χ2n) is 6.87. The molecule has 30 heavy (non-hydrogen) atoms. The molecule has 4 rings (SSSR count). The van der Waals surface area contributed by atoms with Crippen LogP contribution >= 0.6 is 11.6 Å². The van der Waals surface area contributed by atoms with Gasteiger partial charge in [0.05, 0.1) is 17.5 Å². The highest BCUT2D eigenvalue weighted by Gasteiger charge is 2.35. The summed E-state index contributed by atoms with van der Waals surface area (Å²) in [5.41, 5.74) is 2.07. The van der Waals surface area contributed by atoms with Crippen molar-refractivity contribution < 1.29 is 18.7 Å². The maximum Gasteiger partial charge on any atom is 0.281 e. The van der Waals surface area contributed by atoms with Gasteiger partial charge in [0.1, 0.15) is 17.6 Å². The van der Waals surface area contributed by atoms with Crippen LogP contribution in [0.3, 0.4) is 0 Å². The van der Waals surface area contributed by atoms with Crippen LogP contribution in [-0.2, 0) is 4.79 Å². The number of hydrogen-bond acceptors (Lipinski definition) is 5. The van der Waals surface area contributed by atoms with Crippen LogP contribution in [0.1, 0.15) is 41.1 Å². The van der Waals surface area contributed by atoms with Crippen molar-refractivity contribution in [2.45, 2.75) is 19.4 Å². The molecule has 1 amide bonds. The fraction of sp³-hybridized carbons (Fsp3) is 0.174. The largest absolute Gasteiger partial charge is 0.483 e. The van der Waals surface area contributed by atoms with Crippen molar-refractivity contribution in [3.8, 4) is 5.75 Å². The third kappa shape index (κ3) is 4.14. The van der Waals surface area contributed by atoms with Crippen molar-refractivity contribution in [2.24, 2.45) is 5.10 Å². The van der Waals surface area contributed by atoms with E-state index < -0.39 is 0 Å². The van der Waals surface area contributed by atoms with E-state index in [1.807, 2.05) is 18.2 Å². The van der Waals surface area contributed by atoms with E-state index in [-0.39, 0.29) is 24.3 Å². The van der Waals surface area contributed by atoms with Crippen molar-refractivity contribution in [1.82, 2.24) is 5.01 Å². The average molecular weight is 423 g/mol. The SMILES string of the molecule is CC(=O)c1ccccc1OCC(=O)N1N=C(c2ccc(Cl)cc2)CC1c1ccco1. The normalized spacial score (nSPS) is 15.7. The fourth-order valence-corrected chi connectivity index (χ4v) is 3.47. The van der Waals surface area contributed by atoms with Gasteiger partial charge in [0.25, 0.3) is 5.91 Å². The van der Waals surface area contributed by atoms with E-state index in [0.717, 1.165) is 11.3 Å². The molecule has 0 spiro atoms. The molecule has 1 unspecified atom stereocenters. The number of furan rings is 1. The summed E-state index contributed by atoms with van der Waals surface area (Å²) in [7, 11) is 0. The number of para-hydroxylation sites is 1. The highest BCUT2D eigenvalue weighted by atomic mass is 35.5. The minimum Gasteiger partial charge on any atom is -0.483 e. The Bertz CT molecular complexity index is 1090. The van der Waals surface area contributed by atoms with E-state index in [0.29, 0.717) is 28.5 Å². The van der Waals surface area contributed by atoms with Gasteiger partial charge in [-0.3, -0.25) is 9.59 Å². The lowest BCUT2D eigenvalue weighted by Crippen LogP contribution is -2.31. The number of hydrazone groups is 1. The van der Waals surface area contributed by atoms with Gasteiger partial charge in [0.2, 0.25) is 0 Å². The molecule has 1 aliphatic rings.